The highest BCUT2D eigenvalue weighted by molar-refractivity contribution is 5.95. The lowest BCUT2D eigenvalue weighted by molar-refractivity contribution is -0.120. The van der Waals surface area contributed by atoms with Gasteiger partial charge in [-0.3, -0.25) is 4.79 Å². The molecule has 0 bridgehead atoms. The summed E-state index contributed by atoms with van der Waals surface area (Å²) in [6.07, 6.45) is 3.63. The van der Waals surface area contributed by atoms with Crippen LogP contribution in [0.3, 0.4) is 0 Å². The molecule has 0 heterocycles. The summed E-state index contributed by atoms with van der Waals surface area (Å²) >= 11 is 0. The van der Waals surface area contributed by atoms with Crippen LogP contribution in [0, 0.1) is 12.8 Å². The number of hydrogen-bond acceptors (Lipinski definition) is 4. The first kappa shape index (κ1) is 15.5. The second-order valence-electron chi connectivity index (χ2n) is 5.63. The molecule has 0 spiro atoms. The molecule has 0 aliphatic heterocycles. The van der Waals surface area contributed by atoms with Crippen LogP contribution >= 0.6 is 0 Å². The van der Waals surface area contributed by atoms with Gasteiger partial charge < -0.3 is 15.8 Å². The lowest BCUT2D eigenvalue weighted by Gasteiger charge is -2.25. The van der Waals surface area contributed by atoms with Crippen LogP contribution in [0.25, 0.3) is 0 Å². The zero-order valence-electron chi connectivity index (χ0n) is 12.5. The maximum atomic E-state index is 12.3. The van der Waals surface area contributed by atoms with Gasteiger partial charge in [0.25, 0.3) is 0 Å². The van der Waals surface area contributed by atoms with Crippen molar-refractivity contribution in [3.63, 3.8) is 0 Å². The van der Waals surface area contributed by atoms with Crippen molar-refractivity contribution in [3.8, 4) is 0 Å². The van der Waals surface area contributed by atoms with E-state index in [2.05, 4.69) is 10.1 Å². The minimum atomic E-state index is -0.380. The average Bonchev–Trinajstić information content (AvgIpc) is 2.48. The molecule has 1 aromatic carbocycles. The number of anilines is 1. The Kier molecular flexibility index (Phi) is 4.96. The van der Waals surface area contributed by atoms with Crippen molar-refractivity contribution in [2.24, 2.45) is 11.7 Å². The molecule has 2 unspecified atom stereocenters. The number of carbonyl (C=O) groups excluding carboxylic acids is 2. The molecule has 114 valence electrons. The number of carbonyl (C=O) groups is 2. The number of esters is 1. The van der Waals surface area contributed by atoms with Gasteiger partial charge in [-0.1, -0.05) is 6.42 Å². The molecule has 21 heavy (non-hydrogen) atoms. The number of benzene rings is 1. The molecule has 0 radical (unpaired) electrons. The maximum absolute atomic E-state index is 12.3. The Morgan fingerprint density at radius 1 is 1.33 bits per heavy atom. The highest BCUT2D eigenvalue weighted by atomic mass is 16.5. The van der Waals surface area contributed by atoms with Crippen molar-refractivity contribution in [1.82, 2.24) is 0 Å². The van der Waals surface area contributed by atoms with Gasteiger partial charge >= 0.3 is 5.97 Å². The fourth-order valence-electron chi connectivity index (χ4n) is 2.75. The lowest BCUT2D eigenvalue weighted by Crippen LogP contribution is -2.34. The number of methoxy groups -OCH3 is 1. The number of ether oxygens (including phenoxy) is 1. The largest absolute Gasteiger partial charge is 0.465 e. The smallest absolute Gasteiger partial charge is 0.337 e. The second kappa shape index (κ2) is 6.72. The number of nitrogens with one attached hydrogen (secondary N) is 1. The number of nitrogens with two attached hydrogens (primary N) is 1. The second-order valence-corrected chi connectivity index (χ2v) is 5.63. The lowest BCUT2D eigenvalue weighted by atomic mass is 9.85. The van der Waals surface area contributed by atoms with Crippen molar-refractivity contribution in [3.05, 3.63) is 29.3 Å². The van der Waals surface area contributed by atoms with Gasteiger partial charge in [0.15, 0.2) is 0 Å². The van der Waals surface area contributed by atoms with Crippen molar-refractivity contribution in [2.75, 3.05) is 12.4 Å². The average molecular weight is 290 g/mol. The highest BCUT2D eigenvalue weighted by Crippen LogP contribution is 2.25. The van der Waals surface area contributed by atoms with E-state index in [0.717, 1.165) is 36.9 Å². The first-order valence-electron chi connectivity index (χ1n) is 7.26. The van der Waals surface area contributed by atoms with Gasteiger partial charge in [0.05, 0.1) is 12.7 Å². The van der Waals surface area contributed by atoms with E-state index in [-0.39, 0.29) is 23.8 Å². The van der Waals surface area contributed by atoms with Gasteiger partial charge in [-0.25, -0.2) is 4.79 Å². The summed E-state index contributed by atoms with van der Waals surface area (Å²) in [4.78, 5) is 23.7. The molecule has 1 amide bonds. The fourth-order valence-corrected chi connectivity index (χ4v) is 2.75. The quantitative estimate of drug-likeness (QED) is 0.836. The molecule has 0 aromatic heterocycles. The van der Waals surface area contributed by atoms with E-state index in [1.165, 1.54) is 7.11 Å². The van der Waals surface area contributed by atoms with Crippen molar-refractivity contribution in [2.45, 2.75) is 38.6 Å². The third-order valence-corrected chi connectivity index (χ3v) is 3.99. The van der Waals surface area contributed by atoms with Crippen LogP contribution in [-0.2, 0) is 9.53 Å². The van der Waals surface area contributed by atoms with E-state index < -0.39 is 0 Å². The Balaban J connectivity index is 2.05. The molecule has 0 saturated heterocycles. The molecule has 1 aromatic rings. The van der Waals surface area contributed by atoms with Gasteiger partial charge in [-0.05, 0) is 49.9 Å². The van der Waals surface area contributed by atoms with Gasteiger partial charge in [0.1, 0.15) is 0 Å². The Labute approximate surface area is 124 Å². The first-order valence-corrected chi connectivity index (χ1v) is 7.26. The van der Waals surface area contributed by atoms with Gasteiger partial charge in [-0.15, -0.1) is 0 Å². The van der Waals surface area contributed by atoms with Crippen molar-refractivity contribution in [1.29, 1.82) is 0 Å². The Morgan fingerprint density at radius 3 is 2.71 bits per heavy atom. The number of amides is 1. The zero-order valence-corrected chi connectivity index (χ0v) is 12.5. The molecule has 5 nitrogen and oxygen atoms in total. The predicted molar refractivity (Wildman–Crippen MR) is 81.1 cm³/mol. The highest BCUT2D eigenvalue weighted by Gasteiger charge is 2.25. The number of aryl methyl sites for hydroxylation is 1. The van der Waals surface area contributed by atoms with Crippen LogP contribution < -0.4 is 11.1 Å². The van der Waals surface area contributed by atoms with E-state index in [1.54, 1.807) is 18.2 Å². The van der Waals surface area contributed by atoms with Gasteiger partial charge in [0, 0.05) is 17.6 Å². The molecule has 1 aliphatic rings. The predicted octanol–water partition coefficient (Wildman–Crippen LogP) is 2.24. The Hall–Kier alpha value is -1.88. The summed E-state index contributed by atoms with van der Waals surface area (Å²) in [7, 11) is 1.35. The normalized spacial score (nSPS) is 21.7. The summed E-state index contributed by atoms with van der Waals surface area (Å²) in [6, 6.07) is 5.23. The molecule has 2 rings (SSSR count). The van der Waals surface area contributed by atoms with Crippen LogP contribution in [0.5, 0.6) is 0 Å². The summed E-state index contributed by atoms with van der Waals surface area (Å²) in [6.45, 7) is 1.86. The van der Waals surface area contributed by atoms with E-state index in [4.69, 9.17) is 5.73 Å². The van der Waals surface area contributed by atoms with E-state index in [0.29, 0.717) is 5.56 Å². The van der Waals surface area contributed by atoms with E-state index in [1.807, 2.05) is 6.92 Å². The SMILES string of the molecule is COC(=O)c1ccc(NC(=O)C2CCCC(N)C2)c(C)c1. The summed E-state index contributed by atoms with van der Waals surface area (Å²) in [5, 5.41) is 2.94. The van der Waals surface area contributed by atoms with Crippen LogP contribution in [0.4, 0.5) is 5.69 Å². The van der Waals surface area contributed by atoms with Gasteiger partial charge in [-0.2, -0.15) is 0 Å². The summed E-state index contributed by atoms with van der Waals surface area (Å²) < 4.78 is 4.68. The minimum Gasteiger partial charge on any atom is -0.465 e. The van der Waals surface area contributed by atoms with Crippen LogP contribution in [0.1, 0.15) is 41.6 Å². The zero-order chi connectivity index (χ0) is 15.4. The Bertz CT molecular complexity index is 542. The molecule has 3 N–H and O–H groups in total. The molecule has 1 saturated carbocycles. The van der Waals surface area contributed by atoms with Crippen LogP contribution in [0.2, 0.25) is 0 Å². The summed E-state index contributed by atoms with van der Waals surface area (Å²) in [5.74, 6) is -0.387. The monoisotopic (exact) mass is 290 g/mol. The van der Waals surface area contributed by atoms with Gasteiger partial charge in [0.2, 0.25) is 5.91 Å². The van der Waals surface area contributed by atoms with Crippen LogP contribution in [-0.4, -0.2) is 25.0 Å². The number of rotatable bonds is 3. The number of hydrogen-bond donors (Lipinski definition) is 2. The summed E-state index contributed by atoms with van der Waals surface area (Å²) in [5.41, 5.74) is 7.97. The standard InChI is InChI=1S/C16H22N2O3/c1-10-8-12(16(20)21-2)6-7-14(10)18-15(19)11-4-3-5-13(17)9-11/h6-8,11,13H,3-5,9,17H2,1-2H3,(H,18,19). The molecular weight excluding hydrogens is 268 g/mol. The molecule has 2 atom stereocenters. The third kappa shape index (κ3) is 3.82. The third-order valence-electron chi connectivity index (χ3n) is 3.99. The minimum absolute atomic E-state index is 0.0130. The molecule has 5 heteroatoms. The van der Waals surface area contributed by atoms with E-state index >= 15 is 0 Å². The maximum Gasteiger partial charge on any atom is 0.337 e. The van der Waals surface area contributed by atoms with E-state index in [9.17, 15) is 9.59 Å². The first-order chi connectivity index (χ1) is 10.0. The molecular formula is C16H22N2O3. The van der Waals surface area contributed by atoms with Crippen molar-refractivity contribution >= 4 is 17.6 Å². The molecule has 1 aliphatic carbocycles. The topological polar surface area (TPSA) is 81.4 Å². The van der Waals surface area contributed by atoms with Crippen molar-refractivity contribution < 1.29 is 14.3 Å². The fraction of sp³-hybridized carbons (Fsp3) is 0.500. The Morgan fingerprint density at radius 2 is 2.10 bits per heavy atom. The molecule has 1 fully saturated rings. The van der Waals surface area contributed by atoms with Crippen LogP contribution in [0.15, 0.2) is 18.2 Å².